The van der Waals surface area contributed by atoms with Crippen molar-refractivity contribution in [2.45, 2.75) is 38.3 Å². The molecule has 0 unspecified atom stereocenters. The van der Waals surface area contributed by atoms with Gasteiger partial charge < -0.3 is 4.74 Å². The lowest BCUT2D eigenvalue weighted by molar-refractivity contribution is 0.411. The second-order valence-electron chi connectivity index (χ2n) is 5.38. The van der Waals surface area contributed by atoms with Gasteiger partial charge in [0.25, 0.3) is 0 Å². The Labute approximate surface area is 131 Å². The Morgan fingerprint density at radius 3 is 2.68 bits per heavy atom. The largest absolute Gasteiger partial charge is 0.496 e. The fourth-order valence-corrected chi connectivity index (χ4v) is 2.93. The number of rotatable bonds is 6. The van der Waals surface area contributed by atoms with Gasteiger partial charge in [0.2, 0.25) is 10.0 Å². The van der Waals surface area contributed by atoms with Crippen molar-refractivity contribution < 1.29 is 13.2 Å². The van der Waals surface area contributed by atoms with Crippen LogP contribution in [0.15, 0.2) is 35.5 Å². The van der Waals surface area contributed by atoms with E-state index in [1.54, 1.807) is 11.8 Å². The van der Waals surface area contributed by atoms with Gasteiger partial charge in [-0.2, -0.15) is 5.10 Å². The Kier molecular flexibility index (Phi) is 4.87. The molecule has 0 saturated heterocycles. The van der Waals surface area contributed by atoms with Crippen LogP contribution in [0.3, 0.4) is 0 Å². The van der Waals surface area contributed by atoms with E-state index < -0.39 is 10.0 Å². The maximum Gasteiger partial charge on any atom is 0.243 e. The standard InChI is InChI=1S/C15H21N3O3S/c1-11(2)18-10-14(9-16-18)22(19,20)17-8-13-6-5-12(3)15(7-13)21-4/h5-7,9-11,17H,8H2,1-4H3. The first kappa shape index (κ1) is 16.5. The molecule has 1 N–H and O–H groups in total. The molecule has 0 aliphatic rings. The van der Waals surface area contributed by atoms with Crippen molar-refractivity contribution in [3.63, 3.8) is 0 Å². The zero-order chi connectivity index (χ0) is 16.3. The maximum absolute atomic E-state index is 12.3. The average molecular weight is 323 g/mol. The van der Waals surface area contributed by atoms with Crippen LogP contribution in [0.4, 0.5) is 0 Å². The predicted molar refractivity (Wildman–Crippen MR) is 84.4 cm³/mol. The van der Waals surface area contributed by atoms with Crippen molar-refractivity contribution in [3.05, 3.63) is 41.7 Å². The highest BCUT2D eigenvalue weighted by Crippen LogP contribution is 2.19. The highest BCUT2D eigenvalue weighted by Gasteiger charge is 2.17. The van der Waals surface area contributed by atoms with Crippen LogP contribution in [0.2, 0.25) is 0 Å². The Morgan fingerprint density at radius 1 is 1.36 bits per heavy atom. The molecule has 0 atom stereocenters. The quantitative estimate of drug-likeness (QED) is 0.885. The molecule has 0 fully saturated rings. The molecule has 2 rings (SSSR count). The van der Waals surface area contributed by atoms with Gasteiger partial charge in [0.15, 0.2) is 0 Å². The summed E-state index contributed by atoms with van der Waals surface area (Å²) >= 11 is 0. The topological polar surface area (TPSA) is 73.2 Å². The molecule has 1 aromatic heterocycles. The number of methoxy groups -OCH3 is 1. The summed E-state index contributed by atoms with van der Waals surface area (Å²) in [5, 5.41) is 4.05. The van der Waals surface area contributed by atoms with E-state index in [4.69, 9.17) is 4.74 Å². The zero-order valence-corrected chi connectivity index (χ0v) is 14.0. The van der Waals surface area contributed by atoms with Gasteiger partial charge in [-0.25, -0.2) is 13.1 Å². The number of aromatic nitrogens is 2. The normalized spacial score (nSPS) is 11.9. The Hall–Kier alpha value is -1.86. The second kappa shape index (κ2) is 6.50. The van der Waals surface area contributed by atoms with E-state index in [2.05, 4.69) is 9.82 Å². The third kappa shape index (κ3) is 3.66. The van der Waals surface area contributed by atoms with Gasteiger partial charge in [-0.1, -0.05) is 12.1 Å². The lowest BCUT2D eigenvalue weighted by atomic mass is 10.1. The molecule has 0 spiro atoms. The molecule has 2 aromatic rings. The lowest BCUT2D eigenvalue weighted by Crippen LogP contribution is -2.23. The average Bonchev–Trinajstić information content (AvgIpc) is 2.97. The molecule has 22 heavy (non-hydrogen) atoms. The van der Waals surface area contributed by atoms with E-state index in [9.17, 15) is 8.42 Å². The van der Waals surface area contributed by atoms with Crippen LogP contribution in [-0.4, -0.2) is 25.3 Å². The van der Waals surface area contributed by atoms with Crippen LogP contribution < -0.4 is 9.46 Å². The van der Waals surface area contributed by atoms with Crippen LogP contribution in [0.1, 0.15) is 31.0 Å². The summed E-state index contributed by atoms with van der Waals surface area (Å²) in [6.07, 6.45) is 2.89. The van der Waals surface area contributed by atoms with Crippen LogP contribution in [0.5, 0.6) is 5.75 Å². The van der Waals surface area contributed by atoms with Crippen molar-refractivity contribution in [2.75, 3.05) is 7.11 Å². The summed E-state index contributed by atoms with van der Waals surface area (Å²) in [6, 6.07) is 5.72. The SMILES string of the molecule is COc1cc(CNS(=O)(=O)c2cnn(C(C)C)c2)ccc1C. The molecule has 0 amide bonds. The molecular weight excluding hydrogens is 302 g/mol. The number of nitrogens with zero attached hydrogens (tertiary/aromatic N) is 2. The molecule has 1 aromatic carbocycles. The van der Waals surface area contributed by atoms with Gasteiger partial charge in [0.1, 0.15) is 10.6 Å². The molecule has 0 bridgehead atoms. The minimum atomic E-state index is -3.58. The van der Waals surface area contributed by atoms with Crippen molar-refractivity contribution in [3.8, 4) is 5.75 Å². The smallest absolute Gasteiger partial charge is 0.243 e. The minimum Gasteiger partial charge on any atom is -0.496 e. The first-order chi connectivity index (χ1) is 10.3. The van der Waals surface area contributed by atoms with Crippen molar-refractivity contribution in [1.82, 2.24) is 14.5 Å². The molecule has 6 nitrogen and oxygen atoms in total. The third-order valence-corrected chi connectivity index (χ3v) is 4.71. The molecule has 1 heterocycles. The highest BCUT2D eigenvalue weighted by molar-refractivity contribution is 7.89. The first-order valence-corrected chi connectivity index (χ1v) is 8.49. The fourth-order valence-electron chi connectivity index (χ4n) is 1.98. The maximum atomic E-state index is 12.3. The summed E-state index contributed by atoms with van der Waals surface area (Å²) in [5.41, 5.74) is 1.84. The van der Waals surface area contributed by atoms with Crippen LogP contribution in [-0.2, 0) is 16.6 Å². The number of aryl methyl sites for hydroxylation is 1. The highest BCUT2D eigenvalue weighted by atomic mass is 32.2. The van der Waals surface area contributed by atoms with Gasteiger partial charge >= 0.3 is 0 Å². The van der Waals surface area contributed by atoms with Crippen LogP contribution >= 0.6 is 0 Å². The number of sulfonamides is 1. The third-order valence-electron chi connectivity index (χ3n) is 3.36. The Bertz CT molecular complexity index is 751. The number of benzene rings is 1. The molecular formula is C15H21N3O3S. The molecule has 0 radical (unpaired) electrons. The summed E-state index contributed by atoms with van der Waals surface area (Å²) in [7, 11) is -1.98. The van der Waals surface area contributed by atoms with Gasteiger partial charge in [-0.15, -0.1) is 0 Å². The van der Waals surface area contributed by atoms with E-state index in [1.165, 1.54) is 12.4 Å². The predicted octanol–water partition coefficient (Wildman–Crippen LogP) is 2.26. The minimum absolute atomic E-state index is 0.116. The lowest BCUT2D eigenvalue weighted by Gasteiger charge is -2.09. The first-order valence-electron chi connectivity index (χ1n) is 7.01. The summed E-state index contributed by atoms with van der Waals surface area (Å²) in [5.74, 6) is 0.740. The van der Waals surface area contributed by atoms with E-state index in [1.807, 2.05) is 39.0 Å². The molecule has 0 saturated carbocycles. The Balaban J connectivity index is 2.12. The molecule has 120 valence electrons. The van der Waals surface area contributed by atoms with Crippen LogP contribution in [0.25, 0.3) is 0 Å². The fraction of sp³-hybridized carbons (Fsp3) is 0.400. The number of hydrogen-bond donors (Lipinski definition) is 1. The zero-order valence-electron chi connectivity index (χ0n) is 13.2. The molecule has 7 heteroatoms. The van der Waals surface area contributed by atoms with Gasteiger partial charge in [0, 0.05) is 18.8 Å². The molecule has 0 aliphatic carbocycles. The summed E-state index contributed by atoms with van der Waals surface area (Å²) in [4.78, 5) is 0.167. The Morgan fingerprint density at radius 2 is 2.09 bits per heavy atom. The molecule has 0 aliphatic heterocycles. The van der Waals surface area contributed by atoms with Crippen molar-refractivity contribution >= 4 is 10.0 Å². The monoisotopic (exact) mass is 323 g/mol. The number of hydrogen-bond acceptors (Lipinski definition) is 4. The van der Waals surface area contributed by atoms with E-state index >= 15 is 0 Å². The van der Waals surface area contributed by atoms with Crippen molar-refractivity contribution in [1.29, 1.82) is 0 Å². The number of nitrogens with one attached hydrogen (secondary N) is 1. The second-order valence-corrected chi connectivity index (χ2v) is 7.15. The van der Waals surface area contributed by atoms with Gasteiger partial charge in [-0.3, -0.25) is 4.68 Å². The van der Waals surface area contributed by atoms with Crippen LogP contribution in [0, 0.1) is 6.92 Å². The summed E-state index contributed by atoms with van der Waals surface area (Å²) < 4.78 is 34.0. The van der Waals surface area contributed by atoms with Gasteiger partial charge in [0.05, 0.1) is 13.3 Å². The van der Waals surface area contributed by atoms with Gasteiger partial charge in [-0.05, 0) is 38.0 Å². The summed E-state index contributed by atoms with van der Waals surface area (Å²) in [6.45, 7) is 6.02. The van der Waals surface area contributed by atoms with Crippen molar-refractivity contribution in [2.24, 2.45) is 0 Å². The number of ether oxygens (including phenoxy) is 1. The van der Waals surface area contributed by atoms with E-state index in [0.717, 1.165) is 16.9 Å². The van der Waals surface area contributed by atoms with E-state index in [0.29, 0.717) is 0 Å². The van der Waals surface area contributed by atoms with E-state index in [-0.39, 0.29) is 17.5 Å².